The summed E-state index contributed by atoms with van der Waals surface area (Å²) in [5.74, 6) is -0.870. The molecule has 1 unspecified atom stereocenters. The summed E-state index contributed by atoms with van der Waals surface area (Å²) in [4.78, 5) is 26.5. The Morgan fingerprint density at radius 1 is 0.842 bits per heavy atom. The highest BCUT2D eigenvalue weighted by atomic mass is 35.5. The minimum Gasteiger partial charge on any atom is -0.324 e. The van der Waals surface area contributed by atoms with Gasteiger partial charge in [0.05, 0.1) is 11.3 Å². The van der Waals surface area contributed by atoms with Gasteiger partial charge in [0.25, 0.3) is 5.91 Å². The van der Waals surface area contributed by atoms with Crippen molar-refractivity contribution in [3.05, 3.63) is 124 Å². The summed E-state index contributed by atoms with van der Waals surface area (Å²) in [5, 5.41) is 4.33. The van der Waals surface area contributed by atoms with Gasteiger partial charge in [-0.25, -0.2) is 0 Å². The van der Waals surface area contributed by atoms with Crippen LogP contribution in [0, 0.1) is 6.92 Å². The summed E-state index contributed by atoms with van der Waals surface area (Å²) >= 11 is 6.95. The molecule has 9 heteroatoms. The molecule has 2 amide bonds. The van der Waals surface area contributed by atoms with Crippen molar-refractivity contribution < 1.29 is 22.8 Å². The van der Waals surface area contributed by atoms with Crippen LogP contribution in [-0.2, 0) is 11.0 Å². The first-order valence-corrected chi connectivity index (χ1v) is 12.7. The number of rotatable bonds is 7. The van der Waals surface area contributed by atoms with E-state index in [-0.39, 0.29) is 16.6 Å². The van der Waals surface area contributed by atoms with Crippen molar-refractivity contribution in [3.8, 4) is 0 Å². The van der Waals surface area contributed by atoms with E-state index in [2.05, 4.69) is 10.6 Å². The van der Waals surface area contributed by atoms with Gasteiger partial charge in [0.1, 0.15) is 5.25 Å². The first-order chi connectivity index (χ1) is 18.1. The molecule has 0 spiro atoms. The molecule has 0 aliphatic carbocycles. The molecule has 4 rings (SSSR count). The maximum atomic E-state index is 13.6. The number of halogens is 4. The summed E-state index contributed by atoms with van der Waals surface area (Å²) in [6.45, 7) is 1.90. The zero-order valence-corrected chi connectivity index (χ0v) is 21.6. The van der Waals surface area contributed by atoms with Crippen molar-refractivity contribution in [1.29, 1.82) is 0 Å². The maximum Gasteiger partial charge on any atom is 0.418 e. The molecule has 0 saturated heterocycles. The molecule has 4 aromatic rings. The minimum absolute atomic E-state index is 0.0844. The van der Waals surface area contributed by atoms with E-state index >= 15 is 0 Å². The Balaban J connectivity index is 1.54. The van der Waals surface area contributed by atoms with Crippen molar-refractivity contribution in [2.75, 3.05) is 10.6 Å². The van der Waals surface area contributed by atoms with Gasteiger partial charge in [0, 0.05) is 21.2 Å². The fraction of sp³-hybridized carbons (Fsp3) is 0.103. The van der Waals surface area contributed by atoms with Gasteiger partial charge < -0.3 is 10.6 Å². The number of hydrogen-bond acceptors (Lipinski definition) is 3. The van der Waals surface area contributed by atoms with E-state index in [1.807, 2.05) is 13.0 Å². The molecule has 1 atom stereocenters. The quantitative estimate of drug-likeness (QED) is 0.226. The number of carbonyl (C=O) groups excluding carboxylic acids is 2. The number of hydrogen-bond donors (Lipinski definition) is 2. The number of anilines is 2. The van der Waals surface area contributed by atoms with E-state index in [1.165, 1.54) is 17.8 Å². The third-order valence-electron chi connectivity index (χ3n) is 5.53. The van der Waals surface area contributed by atoms with Gasteiger partial charge in [0.15, 0.2) is 0 Å². The molecule has 0 aliphatic rings. The standard InChI is InChI=1S/C29H22ClF3N2O2S/c1-18-6-5-9-20(16-18)27(36)34-22-11-13-23(14-12-22)38-26(19-7-3-2-4-8-19)28(37)35-25-15-10-21(30)17-24(25)29(31,32)33/h2-17,26H,1H3,(H,34,36)(H,35,37). The predicted octanol–water partition coefficient (Wildman–Crippen LogP) is 8.39. The van der Waals surface area contributed by atoms with Crippen LogP contribution in [0.2, 0.25) is 5.02 Å². The van der Waals surface area contributed by atoms with Crippen LogP contribution in [0.25, 0.3) is 0 Å². The van der Waals surface area contributed by atoms with Crippen molar-refractivity contribution in [3.63, 3.8) is 0 Å². The minimum atomic E-state index is -4.69. The number of benzene rings is 4. The number of amides is 2. The molecule has 0 radical (unpaired) electrons. The Morgan fingerprint density at radius 2 is 1.55 bits per heavy atom. The highest BCUT2D eigenvalue weighted by Gasteiger charge is 2.35. The van der Waals surface area contributed by atoms with E-state index in [0.717, 1.165) is 17.7 Å². The first-order valence-electron chi connectivity index (χ1n) is 11.5. The molecule has 4 aromatic carbocycles. The zero-order chi connectivity index (χ0) is 27.3. The third kappa shape index (κ3) is 6.96. The van der Waals surface area contributed by atoms with Gasteiger partial charge in [-0.2, -0.15) is 13.2 Å². The van der Waals surface area contributed by atoms with Crippen LogP contribution in [0.15, 0.2) is 102 Å². The van der Waals surface area contributed by atoms with E-state index in [1.54, 1.807) is 72.8 Å². The van der Waals surface area contributed by atoms with Gasteiger partial charge in [-0.05, 0) is 67.1 Å². The number of alkyl halides is 3. The second-order valence-corrected chi connectivity index (χ2v) is 10.0. The van der Waals surface area contributed by atoms with Crippen LogP contribution in [-0.4, -0.2) is 11.8 Å². The SMILES string of the molecule is Cc1cccc(C(=O)Nc2ccc(SC(C(=O)Nc3ccc(Cl)cc3C(F)(F)F)c3ccccc3)cc2)c1. The first kappa shape index (κ1) is 27.3. The molecule has 2 N–H and O–H groups in total. The van der Waals surface area contributed by atoms with Crippen molar-refractivity contribution in [2.24, 2.45) is 0 Å². The lowest BCUT2D eigenvalue weighted by Gasteiger charge is -2.19. The van der Waals surface area contributed by atoms with Gasteiger partial charge in [-0.3, -0.25) is 9.59 Å². The van der Waals surface area contributed by atoms with Gasteiger partial charge >= 0.3 is 6.18 Å². The van der Waals surface area contributed by atoms with Crippen molar-refractivity contribution in [1.82, 2.24) is 0 Å². The topological polar surface area (TPSA) is 58.2 Å². The number of nitrogens with one attached hydrogen (secondary N) is 2. The van der Waals surface area contributed by atoms with Crippen molar-refractivity contribution in [2.45, 2.75) is 23.2 Å². The molecule has 194 valence electrons. The molecule has 38 heavy (non-hydrogen) atoms. The van der Waals surface area contributed by atoms with E-state index < -0.39 is 22.9 Å². The zero-order valence-electron chi connectivity index (χ0n) is 20.1. The van der Waals surface area contributed by atoms with Gasteiger partial charge in [-0.15, -0.1) is 11.8 Å². The molecule has 0 bridgehead atoms. The summed E-state index contributed by atoms with van der Waals surface area (Å²) in [6, 6.07) is 26.1. The summed E-state index contributed by atoms with van der Waals surface area (Å²) in [6.07, 6.45) is -4.69. The average Bonchev–Trinajstić information content (AvgIpc) is 2.89. The van der Waals surface area contributed by atoms with E-state index in [9.17, 15) is 22.8 Å². The lowest BCUT2D eigenvalue weighted by molar-refractivity contribution is -0.137. The number of thioether (sulfide) groups is 1. The van der Waals surface area contributed by atoms with Crippen molar-refractivity contribution >= 4 is 46.6 Å². The van der Waals surface area contributed by atoms with E-state index in [0.29, 0.717) is 21.7 Å². The van der Waals surface area contributed by atoms with Crippen LogP contribution in [0.4, 0.5) is 24.5 Å². The van der Waals surface area contributed by atoms with Gasteiger partial charge in [-0.1, -0.05) is 59.6 Å². The summed E-state index contributed by atoms with van der Waals surface area (Å²) in [5.41, 5.74) is 1.29. The van der Waals surface area contributed by atoms with Crippen LogP contribution in [0.3, 0.4) is 0 Å². The molecule has 4 nitrogen and oxygen atoms in total. The smallest absolute Gasteiger partial charge is 0.324 e. The second-order valence-electron chi connectivity index (χ2n) is 8.43. The molecular weight excluding hydrogens is 533 g/mol. The molecule has 0 saturated carbocycles. The fourth-order valence-electron chi connectivity index (χ4n) is 3.70. The highest BCUT2D eigenvalue weighted by molar-refractivity contribution is 8.00. The summed E-state index contributed by atoms with van der Waals surface area (Å²) < 4.78 is 40.7. The lowest BCUT2D eigenvalue weighted by Crippen LogP contribution is -2.21. The predicted molar refractivity (Wildman–Crippen MR) is 146 cm³/mol. The number of carbonyl (C=O) groups is 2. The largest absolute Gasteiger partial charge is 0.418 e. The molecular formula is C29H22ClF3N2O2S. The monoisotopic (exact) mass is 554 g/mol. The Bertz CT molecular complexity index is 1440. The van der Waals surface area contributed by atoms with E-state index in [4.69, 9.17) is 11.6 Å². The Kier molecular flexibility index (Phi) is 8.44. The lowest BCUT2D eigenvalue weighted by atomic mass is 10.1. The molecule has 0 fully saturated rings. The average molecular weight is 555 g/mol. The Hall–Kier alpha value is -3.75. The normalized spacial score (nSPS) is 12.0. The summed E-state index contributed by atoms with van der Waals surface area (Å²) in [7, 11) is 0. The third-order valence-corrected chi connectivity index (χ3v) is 7.03. The van der Waals surface area contributed by atoms with Crippen LogP contribution in [0.1, 0.15) is 32.3 Å². The molecule has 0 aromatic heterocycles. The maximum absolute atomic E-state index is 13.6. The highest BCUT2D eigenvalue weighted by Crippen LogP contribution is 2.40. The van der Waals surface area contributed by atoms with Gasteiger partial charge in [0.2, 0.25) is 5.91 Å². The Labute approximate surface area is 227 Å². The second kappa shape index (κ2) is 11.8. The molecule has 0 aliphatic heterocycles. The molecule has 0 heterocycles. The Morgan fingerprint density at radius 3 is 2.21 bits per heavy atom. The van der Waals surface area contributed by atoms with Crippen LogP contribution < -0.4 is 10.6 Å². The number of aryl methyl sites for hydroxylation is 1. The van der Waals surface area contributed by atoms with Crippen LogP contribution >= 0.6 is 23.4 Å². The fourth-order valence-corrected chi connectivity index (χ4v) is 4.90. The van der Waals surface area contributed by atoms with Crippen LogP contribution in [0.5, 0.6) is 0 Å².